The van der Waals surface area contributed by atoms with Crippen molar-refractivity contribution in [2.75, 3.05) is 0 Å². The Balaban J connectivity index is 1.67. The molecule has 1 N–H and O–H groups in total. The zero-order valence-corrected chi connectivity index (χ0v) is 13.6. The van der Waals surface area contributed by atoms with Crippen LogP contribution < -0.4 is 18.8 Å². The van der Waals surface area contributed by atoms with Gasteiger partial charge in [-0.25, -0.2) is 0 Å². The summed E-state index contributed by atoms with van der Waals surface area (Å²) in [6.07, 6.45) is 0. The molecule has 116 valence electrons. The second kappa shape index (κ2) is 8.02. The number of nitrogens with one attached hydrogen (secondary N) is 1. The predicted molar refractivity (Wildman–Crippen MR) is 91.5 cm³/mol. The van der Waals surface area contributed by atoms with Gasteiger partial charge in [-0.15, -0.1) is 5.15 Å². The summed E-state index contributed by atoms with van der Waals surface area (Å²) in [5.74, 6) is 2.19. The zero-order valence-electron chi connectivity index (χ0n) is 12.5. The fourth-order valence-electron chi connectivity index (χ4n) is 1.92. The highest BCUT2D eigenvalue weighted by Crippen LogP contribution is 2.14. The molecule has 0 aliphatic carbocycles. The molecule has 0 bridgehead atoms. The highest BCUT2D eigenvalue weighted by atomic mass is 28.3. The van der Waals surface area contributed by atoms with Crippen molar-refractivity contribution in [1.29, 1.82) is 0 Å². The molecular weight excluding hydrogens is 306 g/mol. The van der Waals surface area contributed by atoms with E-state index in [-0.39, 0.29) is 0 Å². The van der Waals surface area contributed by atoms with Crippen LogP contribution in [-0.2, 0) is 0 Å². The van der Waals surface area contributed by atoms with Gasteiger partial charge in [0.15, 0.2) is 0 Å². The van der Waals surface area contributed by atoms with E-state index in [1.165, 1.54) is 0 Å². The third-order valence-electron chi connectivity index (χ3n) is 2.99. The fourth-order valence-corrected chi connectivity index (χ4v) is 3.11. The third-order valence-corrected chi connectivity index (χ3v) is 4.27. The fraction of sp³-hybridized carbons (Fsp3) is 0. The Bertz CT molecular complexity index is 654. The van der Waals surface area contributed by atoms with Crippen LogP contribution in [0.5, 0.6) is 17.2 Å². The molecule has 3 aromatic carbocycles. The van der Waals surface area contributed by atoms with Crippen LogP contribution in [0.15, 0.2) is 91.0 Å². The van der Waals surface area contributed by atoms with E-state index in [9.17, 15) is 0 Å². The van der Waals surface area contributed by atoms with Gasteiger partial charge in [0, 0.05) is 0 Å². The maximum Gasteiger partial charge on any atom is 0.570 e. The van der Waals surface area contributed by atoms with E-state index in [1.54, 1.807) is 0 Å². The van der Waals surface area contributed by atoms with Gasteiger partial charge < -0.3 is 13.7 Å². The minimum atomic E-state index is -2.33. The highest BCUT2D eigenvalue weighted by molar-refractivity contribution is 6.42. The summed E-state index contributed by atoms with van der Waals surface area (Å²) in [6, 6.07) is 28.6. The minimum Gasteiger partial charge on any atom is -0.502 e. The molecule has 0 amide bonds. The maximum atomic E-state index is 5.92. The Hall–Kier alpha value is -2.76. The molecule has 0 spiro atoms. The molecule has 5 heteroatoms. The standard InChI is InChI=1S/C18H17NO3Si/c1-4-10-16(11-5-1)20-19-23(21-17-12-6-2-7-13-17)22-18-14-8-3-9-15-18/h1-15,19,23H. The van der Waals surface area contributed by atoms with Crippen molar-refractivity contribution >= 4 is 9.45 Å². The van der Waals surface area contributed by atoms with Crippen LogP contribution in [0.4, 0.5) is 0 Å². The molecule has 0 heterocycles. The number of hydrogen-bond donors (Lipinski definition) is 1. The summed E-state index contributed by atoms with van der Waals surface area (Å²) in [7, 11) is -2.33. The molecule has 23 heavy (non-hydrogen) atoms. The van der Waals surface area contributed by atoms with E-state index < -0.39 is 9.45 Å². The van der Waals surface area contributed by atoms with E-state index in [0.717, 1.165) is 11.5 Å². The summed E-state index contributed by atoms with van der Waals surface area (Å²) in [6.45, 7) is 0. The van der Waals surface area contributed by atoms with Crippen LogP contribution in [0, 0.1) is 0 Å². The Labute approximate surface area is 137 Å². The van der Waals surface area contributed by atoms with E-state index >= 15 is 0 Å². The SMILES string of the molecule is c1ccc(ON[SiH](Oc2ccccc2)Oc2ccccc2)cc1. The molecule has 0 aliphatic heterocycles. The third kappa shape index (κ3) is 4.88. The van der Waals surface area contributed by atoms with Crippen molar-refractivity contribution in [2.24, 2.45) is 0 Å². The largest absolute Gasteiger partial charge is 0.570 e. The Morgan fingerprint density at radius 3 is 1.35 bits per heavy atom. The van der Waals surface area contributed by atoms with Crippen molar-refractivity contribution in [1.82, 2.24) is 5.15 Å². The Kier molecular flexibility index (Phi) is 5.28. The predicted octanol–water partition coefficient (Wildman–Crippen LogP) is 3.45. The molecule has 0 saturated heterocycles. The van der Waals surface area contributed by atoms with Crippen LogP contribution in [0.3, 0.4) is 0 Å². The first-order valence-electron chi connectivity index (χ1n) is 7.31. The van der Waals surface area contributed by atoms with Gasteiger partial charge in [-0.1, -0.05) is 54.6 Å². The molecule has 0 unspecified atom stereocenters. The van der Waals surface area contributed by atoms with Gasteiger partial charge in [0.2, 0.25) is 0 Å². The normalized spacial score (nSPS) is 10.3. The van der Waals surface area contributed by atoms with Crippen molar-refractivity contribution in [2.45, 2.75) is 0 Å². The lowest BCUT2D eigenvalue weighted by atomic mass is 10.3. The van der Waals surface area contributed by atoms with Gasteiger partial charge in [-0.2, -0.15) is 0 Å². The number of hydrogen-bond acceptors (Lipinski definition) is 4. The molecule has 0 aromatic heterocycles. The van der Waals surface area contributed by atoms with Gasteiger partial charge in [0.1, 0.15) is 17.2 Å². The maximum absolute atomic E-state index is 5.92. The smallest absolute Gasteiger partial charge is 0.502 e. The van der Waals surface area contributed by atoms with E-state index in [2.05, 4.69) is 5.15 Å². The van der Waals surface area contributed by atoms with Gasteiger partial charge in [0.25, 0.3) is 0 Å². The molecule has 4 nitrogen and oxygen atoms in total. The van der Waals surface area contributed by atoms with Gasteiger partial charge >= 0.3 is 9.45 Å². The first-order chi connectivity index (χ1) is 11.4. The Morgan fingerprint density at radius 1 is 0.522 bits per heavy atom. The average Bonchev–Trinajstić information content (AvgIpc) is 2.62. The minimum absolute atomic E-state index is 0.707. The van der Waals surface area contributed by atoms with Crippen LogP contribution in [0.1, 0.15) is 0 Å². The van der Waals surface area contributed by atoms with Crippen molar-refractivity contribution < 1.29 is 13.7 Å². The van der Waals surface area contributed by atoms with Crippen molar-refractivity contribution in [3.63, 3.8) is 0 Å². The lowest BCUT2D eigenvalue weighted by Gasteiger charge is -2.19. The Morgan fingerprint density at radius 2 is 0.913 bits per heavy atom. The number of rotatable bonds is 7. The quantitative estimate of drug-likeness (QED) is 0.534. The summed E-state index contributed by atoms with van der Waals surface area (Å²) in [4.78, 5) is 5.57. The van der Waals surface area contributed by atoms with Gasteiger partial charge in [-0.05, 0) is 36.4 Å². The van der Waals surface area contributed by atoms with Gasteiger partial charge in [-0.3, -0.25) is 0 Å². The van der Waals surface area contributed by atoms with Crippen LogP contribution in [0.25, 0.3) is 0 Å². The molecule has 3 rings (SSSR count). The van der Waals surface area contributed by atoms with Crippen LogP contribution in [0.2, 0.25) is 0 Å². The summed E-state index contributed by atoms with van der Waals surface area (Å²) >= 11 is 0. The molecule has 0 radical (unpaired) electrons. The molecule has 0 aliphatic rings. The second-order valence-electron chi connectivity index (χ2n) is 4.73. The summed E-state index contributed by atoms with van der Waals surface area (Å²) in [5, 5.41) is 2.93. The highest BCUT2D eigenvalue weighted by Gasteiger charge is 2.19. The lowest BCUT2D eigenvalue weighted by Crippen LogP contribution is -2.47. The molecule has 0 saturated carbocycles. The first kappa shape index (κ1) is 15.1. The van der Waals surface area contributed by atoms with Crippen LogP contribution in [-0.4, -0.2) is 9.45 Å². The summed E-state index contributed by atoms with van der Waals surface area (Å²) < 4.78 is 11.8. The van der Waals surface area contributed by atoms with Gasteiger partial charge in [0.05, 0.1) is 0 Å². The number of para-hydroxylation sites is 3. The molecule has 3 aromatic rings. The first-order valence-corrected chi connectivity index (χ1v) is 8.83. The second-order valence-corrected chi connectivity index (χ2v) is 6.10. The van der Waals surface area contributed by atoms with Crippen LogP contribution >= 0.6 is 0 Å². The monoisotopic (exact) mass is 323 g/mol. The lowest BCUT2D eigenvalue weighted by molar-refractivity contribution is 0.220. The molecule has 0 atom stereocenters. The zero-order chi connectivity index (χ0) is 15.7. The molecule has 0 fully saturated rings. The van der Waals surface area contributed by atoms with Crippen molar-refractivity contribution in [3.05, 3.63) is 91.0 Å². The van der Waals surface area contributed by atoms with E-state index in [4.69, 9.17) is 13.7 Å². The van der Waals surface area contributed by atoms with E-state index in [0.29, 0.717) is 5.75 Å². The summed E-state index contributed by atoms with van der Waals surface area (Å²) in [5.41, 5.74) is 0. The van der Waals surface area contributed by atoms with E-state index in [1.807, 2.05) is 91.0 Å². The number of benzene rings is 3. The average molecular weight is 323 g/mol. The topological polar surface area (TPSA) is 39.7 Å². The molecular formula is C18H17NO3Si. The van der Waals surface area contributed by atoms with Crippen molar-refractivity contribution in [3.8, 4) is 17.2 Å².